The van der Waals surface area contributed by atoms with Crippen molar-refractivity contribution in [1.29, 1.82) is 0 Å². The fourth-order valence-corrected chi connectivity index (χ4v) is 2.54. The molecule has 0 aliphatic heterocycles. The van der Waals surface area contributed by atoms with Crippen molar-refractivity contribution in [3.05, 3.63) is 23.8 Å². The van der Waals surface area contributed by atoms with Crippen molar-refractivity contribution in [3.8, 4) is 11.5 Å². The molecule has 0 amide bonds. The number of methoxy groups -OCH3 is 3. The molecular formula is C13H19NO6S. The average molecular weight is 317 g/mol. The van der Waals surface area contributed by atoms with E-state index in [0.717, 1.165) is 6.26 Å². The maximum absolute atomic E-state index is 11.4. The topological polar surface area (TPSA) is 90.9 Å². The van der Waals surface area contributed by atoms with Gasteiger partial charge in [0.1, 0.15) is 0 Å². The predicted octanol–water partition coefficient (Wildman–Crippen LogP) is 0.857. The van der Waals surface area contributed by atoms with E-state index in [1.54, 1.807) is 18.2 Å². The van der Waals surface area contributed by atoms with E-state index in [1.165, 1.54) is 21.3 Å². The number of nitrogens with one attached hydrogen (secondary N) is 1. The van der Waals surface area contributed by atoms with E-state index >= 15 is 0 Å². The molecule has 1 rings (SSSR count). The van der Waals surface area contributed by atoms with Crippen molar-refractivity contribution in [2.75, 3.05) is 27.6 Å². The molecule has 0 aliphatic rings. The van der Waals surface area contributed by atoms with Gasteiger partial charge in [-0.2, -0.15) is 0 Å². The quantitative estimate of drug-likeness (QED) is 0.750. The number of hydrogen-bond donors (Lipinski definition) is 1. The zero-order valence-electron chi connectivity index (χ0n) is 12.4. The first kappa shape index (κ1) is 17.3. The van der Waals surface area contributed by atoms with Gasteiger partial charge in [0, 0.05) is 0 Å². The van der Waals surface area contributed by atoms with Gasteiger partial charge in [0.15, 0.2) is 11.5 Å². The minimum atomic E-state index is -3.49. The summed E-state index contributed by atoms with van der Waals surface area (Å²) < 4.78 is 40.2. The van der Waals surface area contributed by atoms with E-state index in [9.17, 15) is 13.2 Å². The number of carbonyl (C=O) groups excluding carboxylic acids is 1. The monoisotopic (exact) mass is 317 g/mol. The van der Waals surface area contributed by atoms with E-state index in [0.29, 0.717) is 17.1 Å². The summed E-state index contributed by atoms with van der Waals surface area (Å²) in [4.78, 5) is 11.4. The van der Waals surface area contributed by atoms with Crippen LogP contribution in [0.2, 0.25) is 0 Å². The van der Waals surface area contributed by atoms with Crippen molar-refractivity contribution in [1.82, 2.24) is 4.72 Å². The van der Waals surface area contributed by atoms with Crippen molar-refractivity contribution < 1.29 is 27.4 Å². The Morgan fingerprint density at radius 2 is 1.81 bits per heavy atom. The van der Waals surface area contributed by atoms with E-state index in [1.807, 2.05) is 0 Å². The van der Waals surface area contributed by atoms with Gasteiger partial charge in [0.05, 0.1) is 40.0 Å². The lowest BCUT2D eigenvalue weighted by Gasteiger charge is -2.18. The highest BCUT2D eigenvalue weighted by molar-refractivity contribution is 7.88. The van der Waals surface area contributed by atoms with Gasteiger partial charge in [-0.05, 0) is 17.7 Å². The minimum Gasteiger partial charge on any atom is -0.493 e. The number of rotatable bonds is 7. The molecule has 0 bridgehead atoms. The van der Waals surface area contributed by atoms with E-state index < -0.39 is 22.0 Å². The fraction of sp³-hybridized carbons (Fsp3) is 0.462. The highest BCUT2D eigenvalue weighted by Gasteiger charge is 2.21. The van der Waals surface area contributed by atoms with Crippen molar-refractivity contribution in [2.45, 2.75) is 12.5 Å². The molecule has 0 unspecified atom stereocenters. The highest BCUT2D eigenvalue weighted by Crippen LogP contribution is 2.31. The Balaban J connectivity index is 3.15. The van der Waals surface area contributed by atoms with E-state index in [4.69, 9.17) is 9.47 Å². The third-order valence-corrected chi connectivity index (χ3v) is 3.48. The normalized spacial score (nSPS) is 12.6. The molecule has 0 aliphatic carbocycles. The van der Waals surface area contributed by atoms with Crippen LogP contribution in [0.25, 0.3) is 0 Å². The molecule has 21 heavy (non-hydrogen) atoms. The van der Waals surface area contributed by atoms with Gasteiger partial charge < -0.3 is 14.2 Å². The minimum absolute atomic E-state index is 0.126. The summed E-state index contributed by atoms with van der Waals surface area (Å²) in [5.74, 6) is 0.434. The first-order valence-electron chi connectivity index (χ1n) is 6.06. The SMILES string of the molecule is COC(=O)C[C@H](NS(C)(=O)=O)c1ccc(OC)c(OC)c1. The second-order valence-corrected chi connectivity index (χ2v) is 6.12. The van der Waals surface area contributed by atoms with Gasteiger partial charge in [0.2, 0.25) is 10.0 Å². The standard InChI is InChI=1S/C13H19NO6S/c1-18-11-6-5-9(7-12(11)19-2)10(8-13(15)20-3)14-21(4,16)17/h5-7,10,14H,8H2,1-4H3/t10-/m0/s1. The summed E-state index contributed by atoms with van der Waals surface area (Å²) >= 11 is 0. The van der Waals surface area contributed by atoms with Crippen LogP contribution in [0.4, 0.5) is 0 Å². The molecule has 1 atom stereocenters. The van der Waals surface area contributed by atoms with Crippen LogP contribution >= 0.6 is 0 Å². The molecule has 0 saturated carbocycles. The lowest BCUT2D eigenvalue weighted by Crippen LogP contribution is -2.29. The molecule has 0 spiro atoms. The Morgan fingerprint density at radius 3 is 2.29 bits per heavy atom. The lowest BCUT2D eigenvalue weighted by atomic mass is 10.0. The number of carbonyl (C=O) groups is 1. The predicted molar refractivity (Wildman–Crippen MR) is 76.9 cm³/mol. The Kier molecular flexibility index (Phi) is 5.98. The van der Waals surface area contributed by atoms with Crippen LogP contribution in [0.1, 0.15) is 18.0 Å². The van der Waals surface area contributed by atoms with Gasteiger partial charge >= 0.3 is 5.97 Å². The molecule has 8 heteroatoms. The molecule has 1 aromatic carbocycles. The number of sulfonamides is 1. The number of ether oxygens (including phenoxy) is 3. The second kappa shape index (κ2) is 7.28. The molecule has 1 N–H and O–H groups in total. The maximum Gasteiger partial charge on any atom is 0.307 e. The third-order valence-electron chi connectivity index (χ3n) is 2.76. The number of hydrogen-bond acceptors (Lipinski definition) is 6. The summed E-state index contributed by atoms with van der Waals surface area (Å²) in [6, 6.07) is 4.17. The molecule has 0 saturated heterocycles. The number of esters is 1. The zero-order valence-corrected chi connectivity index (χ0v) is 13.2. The van der Waals surface area contributed by atoms with Crippen molar-refractivity contribution in [2.24, 2.45) is 0 Å². The van der Waals surface area contributed by atoms with Crippen molar-refractivity contribution in [3.63, 3.8) is 0 Å². The Hall–Kier alpha value is -1.80. The van der Waals surface area contributed by atoms with Crippen LogP contribution in [0, 0.1) is 0 Å². The van der Waals surface area contributed by atoms with Gasteiger partial charge in [-0.15, -0.1) is 0 Å². The molecule has 0 fully saturated rings. The van der Waals surface area contributed by atoms with Crippen LogP contribution in [0.5, 0.6) is 11.5 Å². The van der Waals surface area contributed by atoms with Crippen LogP contribution in [0.15, 0.2) is 18.2 Å². The van der Waals surface area contributed by atoms with Crippen LogP contribution in [-0.2, 0) is 19.6 Å². The Bertz CT molecular complexity index is 599. The van der Waals surface area contributed by atoms with E-state index in [-0.39, 0.29) is 6.42 Å². The van der Waals surface area contributed by atoms with Crippen molar-refractivity contribution >= 4 is 16.0 Å². The summed E-state index contributed by atoms with van der Waals surface area (Å²) in [5.41, 5.74) is 0.573. The molecule has 0 radical (unpaired) electrons. The summed E-state index contributed by atoms with van der Waals surface area (Å²) in [6.07, 6.45) is 0.900. The Morgan fingerprint density at radius 1 is 1.19 bits per heavy atom. The highest BCUT2D eigenvalue weighted by atomic mass is 32.2. The van der Waals surface area contributed by atoms with Crippen LogP contribution < -0.4 is 14.2 Å². The largest absolute Gasteiger partial charge is 0.493 e. The van der Waals surface area contributed by atoms with Crippen LogP contribution in [-0.4, -0.2) is 42.0 Å². The molecule has 1 aromatic rings. The second-order valence-electron chi connectivity index (χ2n) is 4.34. The number of benzene rings is 1. The first-order chi connectivity index (χ1) is 9.80. The molecular weight excluding hydrogens is 298 g/mol. The molecule has 0 heterocycles. The molecule has 7 nitrogen and oxygen atoms in total. The van der Waals surface area contributed by atoms with Crippen LogP contribution in [0.3, 0.4) is 0 Å². The zero-order chi connectivity index (χ0) is 16.0. The molecule has 118 valence electrons. The van der Waals surface area contributed by atoms with Gasteiger partial charge in [-0.3, -0.25) is 4.79 Å². The van der Waals surface area contributed by atoms with Gasteiger partial charge in [-0.1, -0.05) is 6.07 Å². The average Bonchev–Trinajstić information content (AvgIpc) is 2.44. The van der Waals surface area contributed by atoms with Gasteiger partial charge in [-0.25, -0.2) is 13.1 Å². The lowest BCUT2D eigenvalue weighted by molar-refractivity contribution is -0.141. The summed E-state index contributed by atoms with van der Waals surface area (Å²) in [5, 5.41) is 0. The maximum atomic E-state index is 11.4. The molecule has 0 aromatic heterocycles. The summed E-state index contributed by atoms with van der Waals surface area (Å²) in [7, 11) is 0.725. The smallest absolute Gasteiger partial charge is 0.307 e. The van der Waals surface area contributed by atoms with Gasteiger partial charge in [0.25, 0.3) is 0 Å². The third kappa shape index (κ3) is 5.24. The summed E-state index contributed by atoms with van der Waals surface area (Å²) in [6.45, 7) is 0. The first-order valence-corrected chi connectivity index (χ1v) is 7.96. The Labute approximate surface area is 124 Å². The van der Waals surface area contributed by atoms with E-state index in [2.05, 4.69) is 9.46 Å². The fourth-order valence-electron chi connectivity index (χ4n) is 1.81.